The van der Waals surface area contributed by atoms with E-state index in [9.17, 15) is 9.18 Å². The molecule has 122 valence electrons. The van der Waals surface area contributed by atoms with E-state index in [4.69, 9.17) is 4.52 Å². The summed E-state index contributed by atoms with van der Waals surface area (Å²) in [5, 5.41) is 6.83. The molecule has 23 heavy (non-hydrogen) atoms. The van der Waals surface area contributed by atoms with Crippen LogP contribution in [0.15, 0.2) is 22.7 Å². The highest BCUT2D eigenvalue weighted by molar-refractivity contribution is 5.78. The standard InChI is InChI=1S/C17H20FN3O2/c1-11-7-12(9-13(18)8-11)17-20-15(21-23-17)10-16(22)19-14-5-3-2-4-6-14/h7-9,14H,2-6,10H2,1H3,(H,19,22). The molecule has 3 rings (SSSR count). The van der Waals surface area contributed by atoms with Gasteiger partial charge in [0.15, 0.2) is 5.82 Å². The summed E-state index contributed by atoms with van der Waals surface area (Å²) in [5.74, 6) is 0.0951. The van der Waals surface area contributed by atoms with Gasteiger partial charge in [-0.2, -0.15) is 4.98 Å². The monoisotopic (exact) mass is 317 g/mol. The van der Waals surface area contributed by atoms with Gasteiger partial charge in [-0.05, 0) is 43.5 Å². The van der Waals surface area contributed by atoms with Crippen molar-refractivity contribution in [1.29, 1.82) is 0 Å². The third-order valence-corrected chi connectivity index (χ3v) is 4.05. The third-order valence-electron chi connectivity index (χ3n) is 4.05. The highest BCUT2D eigenvalue weighted by Gasteiger charge is 2.18. The largest absolute Gasteiger partial charge is 0.353 e. The van der Waals surface area contributed by atoms with Gasteiger partial charge in [0, 0.05) is 11.6 Å². The van der Waals surface area contributed by atoms with Crippen molar-refractivity contribution in [2.24, 2.45) is 0 Å². The number of nitrogens with one attached hydrogen (secondary N) is 1. The average Bonchev–Trinajstić information content (AvgIpc) is 2.95. The molecular formula is C17H20FN3O2. The molecule has 0 aliphatic heterocycles. The number of rotatable bonds is 4. The van der Waals surface area contributed by atoms with E-state index < -0.39 is 0 Å². The summed E-state index contributed by atoms with van der Waals surface area (Å²) in [7, 11) is 0. The summed E-state index contributed by atoms with van der Waals surface area (Å²) in [4.78, 5) is 16.2. The van der Waals surface area contributed by atoms with Crippen LogP contribution in [0.1, 0.15) is 43.5 Å². The van der Waals surface area contributed by atoms with Gasteiger partial charge in [0.2, 0.25) is 5.91 Å². The molecule has 1 aromatic heterocycles. The van der Waals surface area contributed by atoms with Gasteiger partial charge in [-0.3, -0.25) is 4.79 Å². The number of carbonyl (C=O) groups is 1. The second kappa shape index (κ2) is 6.89. The molecule has 0 bridgehead atoms. The number of amides is 1. The second-order valence-corrected chi connectivity index (χ2v) is 6.11. The maximum absolute atomic E-state index is 13.4. The first-order valence-corrected chi connectivity index (χ1v) is 7.99. The van der Waals surface area contributed by atoms with Gasteiger partial charge in [-0.25, -0.2) is 4.39 Å². The zero-order valence-electron chi connectivity index (χ0n) is 13.1. The minimum absolute atomic E-state index is 0.0777. The molecule has 0 atom stereocenters. The number of aryl methyl sites for hydroxylation is 1. The Kier molecular flexibility index (Phi) is 4.69. The van der Waals surface area contributed by atoms with Crippen molar-refractivity contribution >= 4 is 5.91 Å². The van der Waals surface area contributed by atoms with Gasteiger partial charge < -0.3 is 9.84 Å². The van der Waals surface area contributed by atoms with E-state index in [2.05, 4.69) is 15.5 Å². The summed E-state index contributed by atoms with van der Waals surface area (Å²) >= 11 is 0. The smallest absolute Gasteiger partial charge is 0.258 e. The predicted octanol–water partition coefficient (Wildman–Crippen LogP) is 3.18. The van der Waals surface area contributed by atoms with Crippen LogP contribution in [-0.2, 0) is 11.2 Å². The summed E-state index contributed by atoms with van der Waals surface area (Å²) in [6, 6.07) is 4.79. The van der Waals surface area contributed by atoms with Crippen molar-refractivity contribution in [3.05, 3.63) is 35.4 Å². The van der Waals surface area contributed by atoms with E-state index in [0.717, 1.165) is 31.2 Å². The fourth-order valence-electron chi connectivity index (χ4n) is 2.97. The third kappa shape index (κ3) is 4.15. The highest BCUT2D eigenvalue weighted by atomic mass is 19.1. The fraction of sp³-hybridized carbons (Fsp3) is 0.471. The quantitative estimate of drug-likeness (QED) is 0.940. The van der Waals surface area contributed by atoms with Gasteiger partial charge in [0.25, 0.3) is 5.89 Å². The number of carbonyl (C=O) groups excluding carboxylic acids is 1. The molecule has 1 fully saturated rings. The number of nitrogens with zero attached hydrogens (tertiary/aromatic N) is 2. The molecule has 1 amide bonds. The molecule has 6 heteroatoms. The average molecular weight is 317 g/mol. The summed E-state index contributed by atoms with van der Waals surface area (Å²) < 4.78 is 18.6. The van der Waals surface area contributed by atoms with Crippen LogP contribution in [0.2, 0.25) is 0 Å². The molecule has 1 saturated carbocycles. The van der Waals surface area contributed by atoms with Gasteiger partial charge in [-0.15, -0.1) is 0 Å². The number of benzene rings is 1. The predicted molar refractivity (Wildman–Crippen MR) is 83.1 cm³/mol. The zero-order chi connectivity index (χ0) is 16.2. The van der Waals surface area contributed by atoms with Crippen LogP contribution in [0.25, 0.3) is 11.5 Å². The number of hydrogen-bond donors (Lipinski definition) is 1. The minimum Gasteiger partial charge on any atom is -0.353 e. The van der Waals surface area contributed by atoms with Gasteiger partial charge >= 0.3 is 0 Å². The Balaban J connectivity index is 1.63. The van der Waals surface area contributed by atoms with Crippen molar-refractivity contribution < 1.29 is 13.7 Å². The summed E-state index contributed by atoms with van der Waals surface area (Å²) in [6.45, 7) is 1.79. The Morgan fingerprint density at radius 2 is 2.09 bits per heavy atom. The first-order valence-electron chi connectivity index (χ1n) is 7.99. The van der Waals surface area contributed by atoms with Crippen LogP contribution in [-0.4, -0.2) is 22.1 Å². The Bertz CT molecular complexity index is 673. The van der Waals surface area contributed by atoms with Crippen LogP contribution in [0, 0.1) is 12.7 Å². The van der Waals surface area contributed by atoms with Crippen LogP contribution < -0.4 is 5.32 Å². The van der Waals surface area contributed by atoms with E-state index in [0.29, 0.717) is 11.4 Å². The van der Waals surface area contributed by atoms with E-state index in [1.54, 1.807) is 13.0 Å². The number of aromatic nitrogens is 2. The van der Waals surface area contributed by atoms with Crippen LogP contribution >= 0.6 is 0 Å². The van der Waals surface area contributed by atoms with Crippen molar-refractivity contribution in [2.75, 3.05) is 0 Å². The molecule has 0 spiro atoms. The molecule has 1 heterocycles. The molecular weight excluding hydrogens is 297 g/mol. The molecule has 0 radical (unpaired) electrons. The lowest BCUT2D eigenvalue weighted by Gasteiger charge is -2.22. The van der Waals surface area contributed by atoms with Crippen LogP contribution in [0.3, 0.4) is 0 Å². The van der Waals surface area contributed by atoms with Gasteiger partial charge in [-0.1, -0.05) is 24.4 Å². The van der Waals surface area contributed by atoms with E-state index >= 15 is 0 Å². The highest BCUT2D eigenvalue weighted by Crippen LogP contribution is 2.20. The van der Waals surface area contributed by atoms with Gasteiger partial charge in [0.1, 0.15) is 5.82 Å². The van der Waals surface area contributed by atoms with Crippen molar-refractivity contribution in [3.63, 3.8) is 0 Å². The molecule has 1 aliphatic rings. The maximum Gasteiger partial charge on any atom is 0.258 e. The summed E-state index contributed by atoms with van der Waals surface area (Å²) in [5.41, 5.74) is 1.30. The Labute approximate surface area is 134 Å². The fourth-order valence-corrected chi connectivity index (χ4v) is 2.97. The maximum atomic E-state index is 13.4. The number of hydrogen-bond acceptors (Lipinski definition) is 4. The second-order valence-electron chi connectivity index (χ2n) is 6.11. The van der Waals surface area contributed by atoms with Crippen LogP contribution in [0.4, 0.5) is 4.39 Å². The molecule has 2 aromatic rings. The Morgan fingerprint density at radius 1 is 1.30 bits per heavy atom. The first kappa shape index (κ1) is 15.6. The Morgan fingerprint density at radius 3 is 2.83 bits per heavy atom. The molecule has 5 nitrogen and oxygen atoms in total. The lowest BCUT2D eigenvalue weighted by atomic mass is 9.95. The molecule has 1 aliphatic carbocycles. The molecule has 0 unspecified atom stereocenters. The normalized spacial score (nSPS) is 15.6. The lowest BCUT2D eigenvalue weighted by Crippen LogP contribution is -2.37. The number of halogens is 1. The van der Waals surface area contributed by atoms with Crippen LogP contribution in [0.5, 0.6) is 0 Å². The Hall–Kier alpha value is -2.24. The molecule has 0 saturated heterocycles. The summed E-state index contributed by atoms with van der Waals surface area (Å²) in [6.07, 6.45) is 5.71. The van der Waals surface area contributed by atoms with Crippen molar-refractivity contribution in [1.82, 2.24) is 15.5 Å². The van der Waals surface area contributed by atoms with Gasteiger partial charge in [0.05, 0.1) is 6.42 Å². The van der Waals surface area contributed by atoms with E-state index in [1.807, 2.05) is 0 Å². The molecule has 1 N–H and O–H groups in total. The van der Waals surface area contributed by atoms with E-state index in [1.165, 1.54) is 18.6 Å². The SMILES string of the molecule is Cc1cc(F)cc(-c2nc(CC(=O)NC3CCCCC3)no2)c1. The van der Waals surface area contributed by atoms with Crippen molar-refractivity contribution in [3.8, 4) is 11.5 Å². The topological polar surface area (TPSA) is 68.0 Å². The van der Waals surface area contributed by atoms with Crippen molar-refractivity contribution in [2.45, 2.75) is 51.5 Å². The molecule has 1 aromatic carbocycles. The van der Waals surface area contributed by atoms with E-state index in [-0.39, 0.29) is 30.1 Å². The zero-order valence-corrected chi connectivity index (χ0v) is 13.1. The lowest BCUT2D eigenvalue weighted by molar-refractivity contribution is -0.121. The first-order chi connectivity index (χ1) is 11.1. The minimum atomic E-state index is -0.352.